The number of hydrogen-bond donors (Lipinski definition) is 0. The van der Waals surface area contributed by atoms with Crippen LogP contribution in [-0.4, -0.2) is 34.0 Å². The van der Waals surface area contributed by atoms with E-state index in [1.165, 1.54) is 44.9 Å². The van der Waals surface area contributed by atoms with Crippen molar-refractivity contribution in [2.24, 2.45) is 23.7 Å². The molecule has 1 saturated heterocycles. The van der Waals surface area contributed by atoms with Crippen molar-refractivity contribution in [2.75, 3.05) is 13.1 Å². The second-order valence-corrected chi connectivity index (χ2v) is 8.96. The highest BCUT2D eigenvalue weighted by atomic mass is 16.5. The van der Waals surface area contributed by atoms with Gasteiger partial charge in [0.2, 0.25) is 11.8 Å². The van der Waals surface area contributed by atoms with Crippen LogP contribution in [0.15, 0.2) is 4.52 Å². The highest BCUT2D eigenvalue weighted by molar-refractivity contribution is 5.79. The smallest absolute Gasteiger partial charge is 0.233 e. The first-order valence-corrected chi connectivity index (χ1v) is 10.4. The normalized spacial score (nSPS) is 33.0. The fourth-order valence-corrected chi connectivity index (χ4v) is 5.80. The molecule has 3 aliphatic carbocycles. The summed E-state index contributed by atoms with van der Waals surface area (Å²) in [5, 5.41) is 4.24. The molecule has 4 aliphatic rings. The van der Waals surface area contributed by atoms with Crippen molar-refractivity contribution in [1.29, 1.82) is 0 Å². The second-order valence-electron chi connectivity index (χ2n) is 8.96. The maximum Gasteiger partial charge on any atom is 0.233 e. The molecule has 3 saturated carbocycles. The second kappa shape index (κ2) is 6.40. The van der Waals surface area contributed by atoms with Crippen molar-refractivity contribution in [3.8, 4) is 0 Å². The lowest BCUT2D eigenvalue weighted by molar-refractivity contribution is -0.141. The van der Waals surface area contributed by atoms with Crippen LogP contribution >= 0.6 is 0 Å². The largest absolute Gasteiger partial charge is 0.341 e. The van der Waals surface area contributed by atoms with Gasteiger partial charge in [0.1, 0.15) is 0 Å². The van der Waals surface area contributed by atoms with E-state index < -0.39 is 0 Å². The summed E-state index contributed by atoms with van der Waals surface area (Å²) in [7, 11) is 0. The van der Waals surface area contributed by atoms with Gasteiger partial charge in [-0.3, -0.25) is 4.79 Å². The number of fused-ring (bicyclic) bond motifs is 2. The van der Waals surface area contributed by atoms with Crippen LogP contribution in [-0.2, 0) is 11.2 Å². The van der Waals surface area contributed by atoms with Crippen LogP contribution in [0.3, 0.4) is 0 Å². The van der Waals surface area contributed by atoms with Crippen LogP contribution in [0.2, 0.25) is 0 Å². The molecule has 0 N–H and O–H groups in total. The van der Waals surface area contributed by atoms with Gasteiger partial charge in [0.15, 0.2) is 5.82 Å². The average molecular weight is 343 g/mol. The number of hydrogen-bond acceptors (Lipinski definition) is 4. The zero-order chi connectivity index (χ0) is 16.8. The molecule has 4 fully saturated rings. The number of amides is 1. The van der Waals surface area contributed by atoms with Crippen molar-refractivity contribution in [1.82, 2.24) is 15.0 Å². The first kappa shape index (κ1) is 15.8. The first-order valence-electron chi connectivity index (χ1n) is 10.4. The fourth-order valence-electron chi connectivity index (χ4n) is 5.80. The molecule has 2 heterocycles. The molecule has 136 valence electrons. The van der Waals surface area contributed by atoms with Gasteiger partial charge in [0.05, 0.1) is 5.92 Å². The van der Waals surface area contributed by atoms with Gasteiger partial charge in [-0.1, -0.05) is 30.8 Å². The highest BCUT2D eigenvalue weighted by Gasteiger charge is 2.41. The Kier molecular flexibility index (Phi) is 4.05. The number of aromatic nitrogens is 2. The zero-order valence-corrected chi connectivity index (χ0v) is 15.0. The summed E-state index contributed by atoms with van der Waals surface area (Å²) in [4.78, 5) is 19.2. The van der Waals surface area contributed by atoms with E-state index in [0.29, 0.717) is 5.91 Å². The van der Waals surface area contributed by atoms with Gasteiger partial charge < -0.3 is 9.42 Å². The minimum absolute atomic E-state index is 0.258. The van der Waals surface area contributed by atoms with Crippen molar-refractivity contribution >= 4 is 5.91 Å². The van der Waals surface area contributed by atoms with E-state index in [2.05, 4.69) is 10.1 Å². The van der Waals surface area contributed by atoms with Crippen molar-refractivity contribution in [2.45, 2.75) is 70.1 Å². The molecule has 0 spiro atoms. The molecular formula is C20H29N3O2. The first-order chi connectivity index (χ1) is 12.3. The third-order valence-corrected chi connectivity index (χ3v) is 7.31. The summed E-state index contributed by atoms with van der Waals surface area (Å²) < 4.78 is 5.53. The van der Waals surface area contributed by atoms with Gasteiger partial charge in [-0.25, -0.2) is 0 Å². The Morgan fingerprint density at radius 1 is 1.08 bits per heavy atom. The molecule has 0 aromatic carbocycles. The molecule has 3 unspecified atom stereocenters. The number of rotatable bonds is 4. The SMILES string of the molecule is O=C(C1CCCCC1)N1CC(c2nc(CC3CC4CCC3C4)no2)C1. The van der Waals surface area contributed by atoms with E-state index in [1.807, 2.05) is 4.90 Å². The van der Waals surface area contributed by atoms with E-state index in [4.69, 9.17) is 4.52 Å². The monoisotopic (exact) mass is 343 g/mol. The maximum atomic E-state index is 12.5. The van der Waals surface area contributed by atoms with Gasteiger partial charge in [-0.15, -0.1) is 0 Å². The number of carbonyl (C=O) groups is 1. The van der Waals surface area contributed by atoms with E-state index in [0.717, 1.165) is 61.8 Å². The summed E-state index contributed by atoms with van der Waals surface area (Å²) in [6, 6.07) is 0. The van der Waals surface area contributed by atoms with Crippen molar-refractivity contribution < 1.29 is 9.32 Å². The van der Waals surface area contributed by atoms with Gasteiger partial charge in [0.25, 0.3) is 0 Å². The number of likely N-dealkylation sites (tertiary alicyclic amines) is 1. The van der Waals surface area contributed by atoms with E-state index in [9.17, 15) is 4.79 Å². The van der Waals surface area contributed by atoms with Gasteiger partial charge >= 0.3 is 0 Å². The molecule has 0 radical (unpaired) electrons. The molecule has 25 heavy (non-hydrogen) atoms. The molecule has 5 heteroatoms. The third-order valence-electron chi connectivity index (χ3n) is 7.31. The molecule has 5 nitrogen and oxygen atoms in total. The van der Waals surface area contributed by atoms with E-state index in [1.54, 1.807) is 0 Å². The molecule has 2 bridgehead atoms. The molecule has 1 aliphatic heterocycles. The summed E-state index contributed by atoms with van der Waals surface area (Å²) in [6.07, 6.45) is 12.5. The predicted octanol–water partition coefficient (Wildman–Crippen LogP) is 3.55. The van der Waals surface area contributed by atoms with Crippen LogP contribution in [0, 0.1) is 23.7 Å². The van der Waals surface area contributed by atoms with E-state index >= 15 is 0 Å². The minimum Gasteiger partial charge on any atom is -0.341 e. The quantitative estimate of drug-likeness (QED) is 0.839. The molecule has 1 amide bonds. The van der Waals surface area contributed by atoms with Crippen LogP contribution in [0.4, 0.5) is 0 Å². The lowest BCUT2D eigenvalue weighted by Gasteiger charge is -2.39. The summed E-state index contributed by atoms with van der Waals surface area (Å²) in [5.74, 6) is 5.18. The summed E-state index contributed by atoms with van der Waals surface area (Å²) in [6.45, 7) is 1.54. The summed E-state index contributed by atoms with van der Waals surface area (Å²) in [5.41, 5.74) is 0. The maximum absolute atomic E-state index is 12.5. The Balaban J connectivity index is 1.14. The topological polar surface area (TPSA) is 59.2 Å². The third kappa shape index (κ3) is 3.00. The lowest BCUT2D eigenvalue weighted by Crippen LogP contribution is -2.51. The molecule has 1 aromatic heterocycles. The highest BCUT2D eigenvalue weighted by Crippen LogP contribution is 2.49. The Bertz CT molecular complexity index is 631. The van der Waals surface area contributed by atoms with Crippen LogP contribution in [0.1, 0.15) is 75.4 Å². The van der Waals surface area contributed by atoms with Crippen molar-refractivity contribution in [3.05, 3.63) is 11.7 Å². The molecule has 5 rings (SSSR count). The van der Waals surface area contributed by atoms with Gasteiger partial charge in [-0.05, 0) is 49.9 Å². The van der Waals surface area contributed by atoms with Crippen LogP contribution in [0.25, 0.3) is 0 Å². The minimum atomic E-state index is 0.258. The van der Waals surface area contributed by atoms with E-state index in [-0.39, 0.29) is 11.8 Å². The molecule has 3 atom stereocenters. The van der Waals surface area contributed by atoms with Crippen LogP contribution in [0.5, 0.6) is 0 Å². The standard InChI is InChI=1S/C20H29N3O2/c24-20(14-4-2-1-3-5-14)23-11-17(12-23)19-21-18(22-25-19)10-16-9-13-6-7-15(16)8-13/h13-17H,1-12H2. The predicted molar refractivity (Wildman–Crippen MR) is 92.8 cm³/mol. The zero-order valence-electron chi connectivity index (χ0n) is 15.0. The van der Waals surface area contributed by atoms with Crippen LogP contribution < -0.4 is 0 Å². The van der Waals surface area contributed by atoms with Crippen molar-refractivity contribution in [3.63, 3.8) is 0 Å². The summed E-state index contributed by atoms with van der Waals surface area (Å²) >= 11 is 0. The molecular weight excluding hydrogens is 314 g/mol. The average Bonchev–Trinajstić information content (AvgIpc) is 3.32. The number of carbonyl (C=O) groups excluding carboxylic acids is 1. The number of nitrogens with zero attached hydrogens (tertiary/aromatic N) is 3. The van der Waals surface area contributed by atoms with Gasteiger partial charge in [-0.2, -0.15) is 4.98 Å². The Morgan fingerprint density at radius 3 is 2.64 bits per heavy atom. The van der Waals surface area contributed by atoms with Gasteiger partial charge in [0, 0.05) is 25.4 Å². The Morgan fingerprint density at radius 2 is 1.92 bits per heavy atom. The Hall–Kier alpha value is -1.39. The Labute approximate surface area is 149 Å². The fraction of sp³-hybridized carbons (Fsp3) is 0.850. The lowest BCUT2D eigenvalue weighted by atomic mass is 9.86. The molecule has 1 aromatic rings.